The molecule has 2 N–H and O–H groups in total. The molecule has 164 valence electrons. The standard InChI is InChI=1S/C22H33N7.HI/c1-3-23-22(27-19-6-9-21-25-16-26-29(21)15-19)24-14-18-4-7-20(8-5-18)28-12-10-17(2)11-13-28;/h4-5,7-8,16-17,19H,3,6,9-15H2,1-2H3,(H2,23,24,27);1H. The minimum atomic E-state index is 0. The van der Waals surface area contributed by atoms with Crippen molar-refractivity contribution in [3.8, 4) is 0 Å². The summed E-state index contributed by atoms with van der Waals surface area (Å²) in [6.45, 7) is 9.15. The third-order valence-corrected chi connectivity index (χ3v) is 6.00. The van der Waals surface area contributed by atoms with Crippen molar-refractivity contribution in [1.82, 2.24) is 25.4 Å². The van der Waals surface area contributed by atoms with Crippen LogP contribution in [0.15, 0.2) is 35.6 Å². The second-order valence-corrected chi connectivity index (χ2v) is 8.27. The smallest absolute Gasteiger partial charge is 0.191 e. The number of benzene rings is 1. The molecular weight excluding hydrogens is 489 g/mol. The summed E-state index contributed by atoms with van der Waals surface area (Å²) in [5.74, 6) is 2.81. The lowest BCUT2D eigenvalue weighted by Gasteiger charge is -2.32. The molecular formula is C22H34IN7. The summed E-state index contributed by atoms with van der Waals surface area (Å²) in [5, 5.41) is 11.2. The van der Waals surface area contributed by atoms with Gasteiger partial charge in [-0.3, -0.25) is 0 Å². The monoisotopic (exact) mass is 523 g/mol. The lowest BCUT2D eigenvalue weighted by Crippen LogP contribution is -2.47. The Balaban J connectivity index is 0.00000256. The fraction of sp³-hybridized carbons (Fsp3) is 0.591. The van der Waals surface area contributed by atoms with E-state index in [-0.39, 0.29) is 24.0 Å². The van der Waals surface area contributed by atoms with Crippen LogP contribution in [-0.2, 0) is 19.5 Å². The van der Waals surface area contributed by atoms with E-state index >= 15 is 0 Å². The van der Waals surface area contributed by atoms with Crippen LogP contribution in [0, 0.1) is 5.92 Å². The van der Waals surface area contributed by atoms with E-state index < -0.39 is 0 Å². The zero-order valence-corrected chi connectivity index (χ0v) is 20.4. The van der Waals surface area contributed by atoms with Crippen LogP contribution >= 0.6 is 24.0 Å². The molecule has 1 aromatic heterocycles. The first-order chi connectivity index (χ1) is 14.2. The number of rotatable bonds is 5. The van der Waals surface area contributed by atoms with Crippen molar-refractivity contribution < 1.29 is 0 Å². The summed E-state index contributed by atoms with van der Waals surface area (Å²) in [6, 6.07) is 9.24. The fourth-order valence-electron chi connectivity index (χ4n) is 4.12. The summed E-state index contributed by atoms with van der Waals surface area (Å²) in [7, 11) is 0. The molecule has 0 radical (unpaired) electrons. The molecule has 3 heterocycles. The van der Waals surface area contributed by atoms with Crippen LogP contribution in [0.5, 0.6) is 0 Å². The van der Waals surface area contributed by atoms with Gasteiger partial charge in [-0.1, -0.05) is 19.1 Å². The molecule has 7 nitrogen and oxygen atoms in total. The number of fused-ring (bicyclic) bond motifs is 1. The molecule has 1 atom stereocenters. The van der Waals surface area contributed by atoms with E-state index in [0.29, 0.717) is 12.6 Å². The summed E-state index contributed by atoms with van der Waals surface area (Å²) in [5.41, 5.74) is 2.57. The summed E-state index contributed by atoms with van der Waals surface area (Å²) < 4.78 is 1.99. The SMILES string of the molecule is CCNC(=NCc1ccc(N2CCC(C)CC2)cc1)NC1CCc2ncnn2C1.I. The van der Waals surface area contributed by atoms with E-state index in [9.17, 15) is 0 Å². The average Bonchev–Trinajstić information content (AvgIpc) is 3.21. The number of nitrogens with zero attached hydrogens (tertiary/aromatic N) is 5. The molecule has 1 unspecified atom stereocenters. The highest BCUT2D eigenvalue weighted by Gasteiger charge is 2.20. The Morgan fingerprint density at radius 1 is 1.17 bits per heavy atom. The normalized spacial score (nSPS) is 19.7. The number of aryl methyl sites for hydroxylation is 1. The lowest BCUT2D eigenvalue weighted by molar-refractivity contribution is 0.392. The van der Waals surface area contributed by atoms with Gasteiger partial charge < -0.3 is 15.5 Å². The van der Waals surface area contributed by atoms with E-state index in [1.54, 1.807) is 6.33 Å². The van der Waals surface area contributed by atoms with Gasteiger partial charge in [-0.15, -0.1) is 24.0 Å². The predicted molar refractivity (Wildman–Crippen MR) is 133 cm³/mol. The number of halogens is 1. The average molecular weight is 523 g/mol. The third kappa shape index (κ3) is 5.86. The van der Waals surface area contributed by atoms with Crippen LogP contribution in [0.3, 0.4) is 0 Å². The number of aromatic nitrogens is 3. The molecule has 0 saturated carbocycles. The van der Waals surface area contributed by atoms with Crippen LogP contribution in [-0.4, -0.2) is 46.4 Å². The number of guanidine groups is 1. The van der Waals surface area contributed by atoms with Crippen molar-refractivity contribution >= 4 is 35.6 Å². The molecule has 8 heteroatoms. The Kier molecular flexibility index (Phi) is 8.35. The highest BCUT2D eigenvalue weighted by molar-refractivity contribution is 14.0. The Labute approximate surface area is 196 Å². The largest absolute Gasteiger partial charge is 0.372 e. The van der Waals surface area contributed by atoms with Crippen molar-refractivity contribution in [3.63, 3.8) is 0 Å². The zero-order valence-electron chi connectivity index (χ0n) is 18.0. The molecule has 1 aromatic carbocycles. The maximum atomic E-state index is 4.81. The number of piperidine rings is 1. The lowest BCUT2D eigenvalue weighted by atomic mass is 9.99. The van der Waals surface area contributed by atoms with Crippen molar-refractivity contribution in [2.45, 2.75) is 58.7 Å². The minimum absolute atomic E-state index is 0. The molecule has 0 spiro atoms. The molecule has 2 aliphatic rings. The highest BCUT2D eigenvalue weighted by Crippen LogP contribution is 2.23. The van der Waals surface area contributed by atoms with Gasteiger partial charge in [-0.2, -0.15) is 5.10 Å². The van der Waals surface area contributed by atoms with Crippen molar-refractivity contribution in [2.24, 2.45) is 10.9 Å². The first kappa shape index (κ1) is 22.8. The number of anilines is 1. The van der Waals surface area contributed by atoms with Gasteiger partial charge in [0, 0.05) is 37.8 Å². The summed E-state index contributed by atoms with van der Waals surface area (Å²) >= 11 is 0. The van der Waals surface area contributed by atoms with Crippen molar-refractivity contribution in [1.29, 1.82) is 0 Å². The van der Waals surface area contributed by atoms with E-state index in [1.165, 1.54) is 37.2 Å². The molecule has 2 aliphatic heterocycles. The van der Waals surface area contributed by atoms with Gasteiger partial charge in [0.1, 0.15) is 12.2 Å². The van der Waals surface area contributed by atoms with E-state index in [4.69, 9.17) is 4.99 Å². The number of hydrogen-bond acceptors (Lipinski definition) is 4. The molecule has 1 fully saturated rings. The van der Waals surface area contributed by atoms with Crippen molar-refractivity contribution in [3.05, 3.63) is 42.0 Å². The quantitative estimate of drug-likeness (QED) is 0.358. The van der Waals surface area contributed by atoms with Crippen LogP contribution in [0.25, 0.3) is 0 Å². The Bertz CT molecular complexity index is 809. The van der Waals surface area contributed by atoms with Gasteiger partial charge >= 0.3 is 0 Å². The summed E-state index contributed by atoms with van der Waals surface area (Å²) in [4.78, 5) is 11.6. The van der Waals surface area contributed by atoms with E-state index in [2.05, 4.69) is 63.7 Å². The number of aliphatic imine (C=N–C) groups is 1. The van der Waals surface area contributed by atoms with Crippen LogP contribution < -0.4 is 15.5 Å². The number of nitrogens with one attached hydrogen (secondary N) is 2. The molecule has 0 bridgehead atoms. The van der Waals surface area contributed by atoms with Gasteiger partial charge in [0.15, 0.2) is 5.96 Å². The number of hydrogen-bond donors (Lipinski definition) is 2. The Hall–Kier alpha value is -1.84. The van der Waals surface area contributed by atoms with Gasteiger partial charge in [0.25, 0.3) is 0 Å². The zero-order chi connectivity index (χ0) is 20.1. The van der Waals surface area contributed by atoms with Crippen LogP contribution in [0.2, 0.25) is 0 Å². The van der Waals surface area contributed by atoms with Gasteiger partial charge in [0.2, 0.25) is 0 Å². The molecule has 2 aromatic rings. The van der Waals surface area contributed by atoms with E-state index in [1.807, 2.05) is 4.68 Å². The second-order valence-electron chi connectivity index (χ2n) is 8.27. The molecule has 1 saturated heterocycles. The fourth-order valence-corrected chi connectivity index (χ4v) is 4.12. The van der Waals surface area contributed by atoms with Gasteiger partial charge in [-0.25, -0.2) is 14.7 Å². The highest BCUT2D eigenvalue weighted by atomic mass is 127. The van der Waals surface area contributed by atoms with Gasteiger partial charge in [0.05, 0.1) is 13.1 Å². The third-order valence-electron chi connectivity index (χ3n) is 6.00. The molecule has 30 heavy (non-hydrogen) atoms. The van der Waals surface area contributed by atoms with Gasteiger partial charge in [-0.05, 0) is 49.8 Å². The minimum Gasteiger partial charge on any atom is -0.372 e. The summed E-state index contributed by atoms with van der Waals surface area (Å²) in [6.07, 6.45) is 6.23. The molecule has 0 aliphatic carbocycles. The topological polar surface area (TPSA) is 70.4 Å². The predicted octanol–water partition coefficient (Wildman–Crippen LogP) is 3.20. The van der Waals surface area contributed by atoms with Crippen LogP contribution in [0.1, 0.15) is 44.5 Å². The first-order valence-corrected chi connectivity index (χ1v) is 11.0. The first-order valence-electron chi connectivity index (χ1n) is 11.0. The van der Waals surface area contributed by atoms with E-state index in [0.717, 1.165) is 43.6 Å². The molecule has 4 rings (SSSR count). The Morgan fingerprint density at radius 2 is 1.93 bits per heavy atom. The maximum absolute atomic E-state index is 4.81. The molecule has 0 amide bonds. The van der Waals surface area contributed by atoms with Crippen molar-refractivity contribution in [2.75, 3.05) is 24.5 Å². The maximum Gasteiger partial charge on any atom is 0.191 e. The second kappa shape index (κ2) is 11.0. The Morgan fingerprint density at radius 3 is 2.67 bits per heavy atom. The van der Waals surface area contributed by atoms with Crippen LogP contribution in [0.4, 0.5) is 5.69 Å².